The van der Waals surface area contributed by atoms with E-state index in [4.69, 9.17) is 14.6 Å². The molecule has 26 heavy (non-hydrogen) atoms. The summed E-state index contributed by atoms with van der Waals surface area (Å²) in [5.41, 5.74) is 0. The molecule has 1 N–H and O–H groups in total. The largest absolute Gasteiger partial charge is 0.459 e. The van der Waals surface area contributed by atoms with Gasteiger partial charge in [0.1, 0.15) is 0 Å². The molecule has 2 heterocycles. The van der Waals surface area contributed by atoms with Crippen LogP contribution in [-0.2, 0) is 14.3 Å². The van der Waals surface area contributed by atoms with E-state index in [0.717, 1.165) is 45.2 Å². The molecule has 0 aromatic rings. The third-order valence-electron chi connectivity index (χ3n) is 6.05. The fourth-order valence-corrected chi connectivity index (χ4v) is 4.51. The summed E-state index contributed by atoms with van der Waals surface area (Å²) in [6, 6.07) is 0. The number of unbranched alkanes of at least 4 members (excludes halogenated alkanes) is 1. The quantitative estimate of drug-likeness (QED) is 0.700. The van der Waals surface area contributed by atoms with Gasteiger partial charge in [0.25, 0.3) is 5.91 Å². The number of ether oxygens (including phenoxy) is 2. The minimum Gasteiger partial charge on any atom is -0.459 e. The van der Waals surface area contributed by atoms with Crippen LogP contribution in [0.15, 0.2) is 11.8 Å². The Kier molecular flexibility index (Phi) is 7.81. The number of rotatable bonds is 7. The lowest BCUT2D eigenvalue weighted by Gasteiger charge is -2.36. The van der Waals surface area contributed by atoms with E-state index in [0.29, 0.717) is 24.2 Å². The van der Waals surface area contributed by atoms with Gasteiger partial charge in [-0.25, -0.2) is 0 Å². The van der Waals surface area contributed by atoms with Gasteiger partial charge in [-0.05, 0) is 62.9 Å². The predicted molar refractivity (Wildman–Crippen MR) is 100 cm³/mol. The van der Waals surface area contributed by atoms with Gasteiger partial charge in [-0.1, -0.05) is 19.3 Å². The molecule has 2 atom stereocenters. The van der Waals surface area contributed by atoms with Gasteiger partial charge >= 0.3 is 0 Å². The Morgan fingerprint density at radius 3 is 2.58 bits per heavy atom. The third-order valence-corrected chi connectivity index (χ3v) is 6.05. The summed E-state index contributed by atoms with van der Waals surface area (Å²) >= 11 is 0. The number of carbonyl (C=O) groups excluding carboxylic acids is 1. The molecule has 0 aromatic heterocycles. The molecule has 1 aliphatic carbocycles. The molecule has 0 bridgehead atoms. The molecule has 0 spiro atoms. The fraction of sp³-hybridized carbons (Fsp3) is 0.857. The summed E-state index contributed by atoms with van der Waals surface area (Å²) in [6.07, 6.45) is 14.0. The van der Waals surface area contributed by atoms with Crippen molar-refractivity contribution < 1.29 is 19.4 Å². The molecule has 2 fully saturated rings. The molecule has 1 amide bonds. The van der Waals surface area contributed by atoms with E-state index in [-0.39, 0.29) is 18.8 Å². The Hall–Kier alpha value is -1.07. The number of aliphatic hydroxyl groups excluding tert-OH is 1. The number of amides is 1. The maximum absolute atomic E-state index is 12.9. The van der Waals surface area contributed by atoms with Gasteiger partial charge in [0.2, 0.25) is 6.29 Å². The lowest BCUT2D eigenvalue weighted by atomic mass is 9.77. The molecule has 148 valence electrons. The van der Waals surface area contributed by atoms with Crippen molar-refractivity contribution in [3.63, 3.8) is 0 Å². The van der Waals surface area contributed by atoms with E-state index in [1.807, 2.05) is 4.90 Å². The first-order valence-electron chi connectivity index (χ1n) is 10.7. The van der Waals surface area contributed by atoms with E-state index in [1.54, 1.807) is 0 Å². The number of piperidine rings is 1. The maximum Gasteiger partial charge on any atom is 0.288 e. The summed E-state index contributed by atoms with van der Waals surface area (Å²) in [7, 11) is 0. The lowest BCUT2D eigenvalue weighted by molar-refractivity contribution is -0.157. The van der Waals surface area contributed by atoms with Crippen LogP contribution in [0.2, 0.25) is 0 Å². The second-order valence-electron chi connectivity index (χ2n) is 8.03. The molecule has 5 nitrogen and oxygen atoms in total. The molecule has 2 aliphatic heterocycles. The first kappa shape index (κ1) is 19.7. The van der Waals surface area contributed by atoms with E-state index < -0.39 is 0 Å². The summed E-state index contributed by atoms with van der Waals surface area (Å²) in [5, 5.41) is 8.93. The van der Waals surface area contributed by atoms with E-state index >= 15 is 0 Å². The normalized spacial score (nSPS) is 27.7. The van der Waals surface area contributed by atoms with Crippen LogP contribution in [0, 0.1) is 11.8 Å². The summed E-state index contributed by atoms with van der Waals surface area (Å²) in [5.74, 6) is 1.60. The van der Waals surface area contributed by atoms with Crippen LogP contribution >= 0.6 is 0 Å². The third kappa shape index (κ3) is 5.46. The molecule has 3 aliphatic rings. The monoisotopic (exact) mass is 365 g/mol. The number of hydrogen-bond acceptors (Lipinski definition) is 4. The van der Waals surface area contributed by atoms with E-state index in [2.05, 4.69) is 6.08 Å². The van der Waals surface area contributed by atoms with E-state index in [9.17, 15) is 4.79 Å². The second-order valence-corrected chi connectivity index (χ2v) is 8.03. The van der Waals surface area contributed by atoms with Crippen LogP contribution in [0.5, 0.6) is 0 Å². The fourth-order valence-electron chi connectivity index (χ4n) is 4.51. The Bertz CT molecular complexity index is 467. The van der Waals surface area contributed by atoms with Crippen molar-refractivity contribution in [2.75, 3.05) is 26.3 Å². The van der Waals surface area contributed by atoms with Crippen molar-refractivity contribution in [2.45, 2.75) is 76.9 Å². The second kappa shape index (κ2) is 10.3. The molecule has 0 aromatic carbocycles. The van der Waals surface area contributed by atoms with Crippen LogP contribution < -0.4 is 0 Å². The van der Waals surface area contributed by atoms with Crippen molar-refractivity contribution in [1.29, 1.82) is 0 Å². The lowest BCUT2D eigenvalue weighted by Crippen LogP contribution is -2.40. The Labute approximate surface area is 157 Å². The zero-order valence-electron chi connectivity index (χ0n) is 16.0. The zero-order valence-corrected chi connectivity index (χ0v) is 16.0. The smallest absolute Gasteiger partial charge is 0.288 e. The van der Waals surface area contributed by atoms with Crippen molar-refractivity contribution in [2.24, 2.45) is 11.8 Å². The number of hydrogen-bond donors (Lipinski definition) is 1. The molecule has 3 rings (SSSR count). The number of carbonyl (C=O) groups is 1. The average molecular weight is 366 g/mol. The molecule has 0 unspecified atom stereocenters. The topological polar surface area (TPSA) is 59.0 Å². The molecule has 1 saturated heterocycles. The standard InChI is InChI=1S/C21H35NO4/c23-13-7-8-14-25-20-16-18(17-9-3-1-4-10-17)15-19(26-20)21(24)22-11-5-2-6-12-22/h15,17-18,20,23H,1-14,16H2/t18-,20+/m0/s1. The van der Waals surface area contributed by atoms with Gasteiger partial charge in [-0.15, -0.1) is 0 Å². The van der Waals surface area contributed by atoms with E-state index in [1.165, 1.54) is 38.5 Å². The average Bonchev–Trinajstić information content (AvgIpc) is 2.72. The summed E-state index contributed by atoms with van der Waals surface area (Å²) in [4.78, 5) is 14.9. The highest BCUT2D eigenvalue weighted by Gasteiger charge is 2.34. The number of nitrogens with zero attached hydrogens (tertiary/aromatic N) is 1. The van der Waals surface area contributed by atoms with Crippen LogP contribution in [0.25, 0.3) is 0 Å². The Balaban J connectivity index is 1.64. The van der Waals surface area contributed by atoms with Gasteiger partial charge in [0, 0.05) is 26.1 Å². The van der Waals surface area contributed by atoms with Gasteiger partial charge in [0.15, 0.2) is 5.76 Å². The number of allylic oxidation sites excluding steroid dienone is 1. The van der Waals surface area contributed by atoms with Crippen LogP contribution in [0.4, 0.5) is 0 Å². The first-order chi connectivity index (χ1) is 12.8. The van der Waals surface area contributed by atoms with Gasteiger partial charge < -0.3 is 19.5 Å². The minimum absolute atomic E-state index is 0.0502. The van der Waals surface area contributed by atoms with Crippen molar-refractivity contribution in [1.82, 2.24) is 4.90 Å². The highest BCUT2D eigenvalue weighted by molar-refractivity contribution is 5.91. The first-order valence-corrected chi connectivity index (χ1v) is 10.7. The SMILES string of the molecule is O=C(C1=C[C@H](C2CCCCC2)C[C@H](OCCCCO)O1)N1CCCCC1. The zero-order chi connectivity index (χ0) is 18.2. The molecule has 5 heteroatoms. The van der Waals surface area contributed by atoms with Gasteiger partial charge in [-0.2, -0.15) is 0 Å². The molecular formula is C21H35NO4. The molecule has 0 radical (unpaired) electrons. The molecular weight excluding hydrogens is 330 g/mol. The highest BCUT2D eigenvalue weighted by Crippen LogP contribution is 2.37. The Morgan fingerprint density at radius 2 is 1.85 bits per heavy atom. The number of aliphatic hydroxyl groups is 1. The van der Waals surface area contributed by atoms with Crippen LogP contribution in [-0.4, -0.2) is 48.5 Å². The Morgan fingerprint density at radius 1 is 1.12 bits per heavy atom. The summed E-state index contributed by atoms with van der Waals surface area (Å²) in [6.45, 7) is 2.46. The van der Waals surface area contributed by atoms with Crippen LogP contribution in [0.3, 0.4) is 0 Å². The van der Waals surface area contributed by atoms with Gasteiger partial charge in [0.05, 0.1) is 6.61 Å². The van der Waals surface area contributed by atoms with Gasteiger partial charge in [-0.3, -0.25) is 4.79 Å². The minimum atomic E-state index is -0.325. The maximum atomic E-state index is 12.9. The molecule has 1 saturated carbocycles. The number of likely N-dealkylation sites (tertiary alicyclic amines) is 1. The predicted octanol–water partition coefficient (Wildman–Crippen LogP) is 3.61. The van der Waals surface area contributed by atoms with Crippen LogP contribution in [0.1, 0.15) is 70.6 Å². The highest BCUT2D eigenvalue weighted by atomic mass is 16.7. The van der Waals surface area contributed by atoms with Crippen molar-refractivity contribution in [3.05, 3.63) is 11.8 Å². The van der Waals surface area contributed by atoms with Crippen molar-refractivity contribution in [3.8, 4) is 0 Å². The van der Waals surface area contributed by atoms with Crippen molar-refractivity contribution >= 4 is 5.91 Å². The summed E-state index contributed by atoms with van der Waals surface area (Å²) < 4.78 is 11.9.